The molecule has 6 nitrogen and oxygen atoms in total. The van der Waals surface area contributed by atoms with Gasteiger partial charge < -0.3 is 5.32 Å². The molecular formula is C14H13ClF3N5O. The smallest absolute Gasteiger partial charge is 0.349 e. The lowest BCUT2D eigenvalue weighted by Crippen LogP contribution is -2.34. The fourth-order valence-corrected chi connectivity index (χ4v) is 2.82. The van der Waals surface area contributed by atoms with Crippen LogP contribution in [0, 0.1) is 0 Å². The van der Waals surface area contributed by atoms with Crippen LogP contribution in [0.2, 0.25) is 5.15 Å². The van der Waals surface area contributed by atoms with Crippen LogP contribution in [0.5, 0.6) is 0 Å². The minimum Gasteiger partial charge on any atom is -0.349 e. The minimum atomic E-state index is -4.78. The predicted octanol–water partition coefficient (Wildman–Crippen LogP) is 3.01. The molecule has 1 aliphatic carbocycles. The number of carbonyl (C=O) groups is 1. The number of halogens is 4. The van der Waals surface area contributed by atoms with Crippen LogP contribution in [0.3, 0.4) is 0 Å². The molecule has 2 aromatic rings. The van der Waals surface area contributed by atoms with E-state index in [-0.39, 0.29) is 17.0 Å². The first kappa shape index (κ1) is 16.7. The molecule has 0 unspecified atom stereocenters. The van der Waals surface area contributed by atoms with Crippen LogP contribution in [-0.2, 0) is 6.18 Å². The summed E-state index contributed by atoms with van der Waals surface area (Å²) in [6.45, 7) is 0. The molecule has 0 atom stereocenters. The third-order valence-electron chi connectivity index (χ3n) is 3.81. The first-order valence-electron chi connectivity index (χ1n) is 7.32. The summed E-state index contributed by atoms with van der Waals surface area (Å²) in [6, 6.07) is 2.44. The van der Waals surface area contributed by atoms with Gasteiger partial charge in [-0.3, -0.25) is 4.79 Å². The first-order chi connectivity index (χ1) is 11.4. The largest absolute Gasteiger partial charge is 0.434 e. The van der Waals surface area contributed by atoms with E-state index in [0.29, 0.717) is 4.68 Å². The Labute approximate surface area is 140 Å². The third kappa shape index (κ3) is 3.35. The second-order valence-electron chi connectivity index (χ2n) is 5.49. The van der Waals surface area contributed by atoms with Gasteiger partial charge in [0.2, 0.25) is 0 Å². The van der Waals surface area contributed by atoms with Crippen LogP contribution in [0.15, 0.2) is 18.3 Å². The molecule has 128 valence electrons. The zero-order valence-electron chi connectivity index (χ0n) is 12.3. The van der Waals surface area contributed by atoms with E-state index < -0.39 is 23.3 Å². The topological polar surface area (TPSA) is 72.7 Å². The number of carbonyl (C=O) groups excluding carboxylic acids is 1. The number of nitrogens with zero attached hydrogens (tertiary/aromatic N) is 4. The van der Waals surface area contributed by atoms with Gasteiger partial charge >= 0.3 is 6.18 Å². The summed E-state index contributed by atoms with van der Waals surface area (Å²) in [5.74, 6) is -0.964. The van der Waals surface area contributed by atoms with Crippen molar-refractivity contribution in [2.75, 3.05) is 0 Å². The molecule has 0 bridgehead atoms. The Balaban J connectivity index is 1.97. The molecular weight excluding hydrogens is 347 g/mol. The number of amides is 1. The lowest BCUT2D eigenvalue weighted by Gasteiger charge is -2.14. The van der Waals surface area contributed by atoms with Crippen molar-refractivity contribution in [3.05, 3.63) is 34.7 Å². The SMILES string of the molecule is O=C(NC1CCCC1)c1cnn(-c2ccc(Cl)nn2)c1C(F)(F)F. The average Bonchev–Trinajstić information content (AvgIpc) is 3.16. The Morgan fingerprint density at radius 3 is 2.54 bits per heavy atom. The second-order valence-corrected chi connectivity index (χ2v) is 5.87. The van der Waals surface area contributed by atoms with E-state index in [9.17, 15) is 18.0 Å². The molecule has 0 spiro atoms. The van der Waals surface area contributed by atoms with Gasteiger partial charge in [0.1, 0.15) is 0 Å². The second kappa shape index (κ2) is 6.39. The molecule has 0 radical (unpaired) electrons. The summed E-state index contributed by atoms with van der Waals surface area (Å²) in [6.07, 6.45) is -0.440. The predicted molar refractivity (Wildman–Crippen MR) is 78.9 cm³/mol. The zero-order valence-corrected chi connectivity index (χ0v) is 13.1. The number of alkyl halides is 3. The van der Waals surface area contributed by atoms with Crippen molar-refractivity contribution in [1.82, 2.24) is 25.3 Å². The van der Waals surface area contributed by atoms with Crippen LogP contribution in [0.1, 0.15) is 41.7 Å². The molecule has 0 aliphatic heterocycles. The van der Waals surface area contributed by atoms with Crippen LogP contribution in [-0.4, -0.2) is 31.9 Å². The van der Waals surface area contributed by atoms with Crippen LogP contribution in [0.25, 0.3) is 5.82 Å². The summed E-state index contributed by atoms with van der Waals surface area (Å²) in [5, 5.41) is 13.4. The van der Waals surface area contributed by atoms with Crippen LogP contribution in [0.4, 0.5) is 13.2 Å². The van der Waals surface area contributed by atoms with Crippen molar-refractivity contribution < 1.29 is 18.0 Å². The molecule has 2 heterocycles. The normalized spacial score (nSPS) is 15.7. The molecule has 0 aromatic carbocycles. The van der Waals surface area contributed by atoms with E-state index in [4.69, 9.17) is 11.6 Å². The van der Waals surface area contributed by atoms with Gasteiger partial charge in [-0.05, 0) is 25.0 Å². The lowest BCUT2D eigenvalue weighted by molar-refractivity contribution is -0.143. The fraction of sp³-hybridized carbons (Fsp3) is 0.429. The summed E-state index contributed by atoms with van der Waals surface area (Å²) < 4.78 is 40.9. The van der Waals surface area contributed by atoms with E-state index in [1.54, 1.807) is 0 Å². The number of hydrogen-bond donors (Lipinski definition) is 1. The Morgan fingerprint density at radius 2 is 1.96 bits per heavy atom. The van der Waals surface area contributed by atoms with E-state index in [2.05, 4.69) is 20.6 Å². The van der Waals surface area contributed by atoms with Crippen molar-refractivity contribution in [1.29, 1.82) is 0 Å². The van der Waals surface area contributed by atoms with Crippen LogP contribution >= 0.6 is 11.6 Å². The van der Waals surface area contributed by atoms with Gasteiger partial charge in [-0.1, -0.05) is 24.4 Å². The highest BCUT2D eigenvalue weighted by Crippen LogP contribution is 2.33. The molecule has 0 saturated heterocycles. The summed E-state index contributed by atoms with van der Waals surface area (Å²) in [5.41, 5.74) is -1.72. The van der Waals surface area contributed by atoms with E-state index >= 15 is 0 Å². The number of rotatable bonds is 3. The Kier molecular flexibility index (Phi) is 4.44. The third-order valence-corrected chi connectivity index (χ3v) is 4.01. The van der Waals surface area contributed by atoms with Crippen molar-refractivity contribution in [3.63, 3.8) is 0 Å². The quantitative estimate of drug-likeness (QED) is 0.914. The minimum absolute atomic E-state index is 0.0404. The zero-order chi connectivity index (χ0) is 17.3. The highest BCUT2D eigenvalue weighted by Gasteiger charge is 2.41. The Hall–Kier alpha value is -2.16. The van der Waals surface area contributed by atoms with Crippen molar-refractivity contribution in [2.24, 2.45) is 0 Å². The average molecular weight is 360 g/mol. The molecule has 1 amide bonds. The van der Waals surface area contributed by atoms with E-state index in [1.807, 2.05) is 0 Å². The highest BCUT2D eigenvalue weighted by atomic mass is 35.5. The molecule has 1 N–H and O–H groups in total. The summed E-state index contributed by atoms with van der Waals surface area (Å²) in [4.78, 5) is 12.2. The van der Waals surface area contributed by atoms with Crippen molar-refractivity contribution >= 4 is 17.5 Å². The lowest BCUT2D eigenvalue weighted by atomic mass is 10.2. The maximum Gasteiger partial charge on any atom is 0.434 e. The van der Waals surface area contributed by atoms with Gasteiger partial charge in [0.25, 0.3) is 5.91 Å². The fourth-order valence-electron chi connectivity index (χ4n) is 2.72. The molecule has 2 aromatic heterocycles. The first-order valence-corrected chi connectivity index (χ1v) is 7.70. The van der Waals surface area contributed by atoms with Crippen molar-refractivity contribution in [2.45, 2.75) is 37.9 Å². The molecule has 1 aliphatic rings. The van der Waals surface area contributed by atoms with Gasteiger partial charge in [-0.25, -0.2) is 4.68 Å². The van der Waals surface area contributed by atoms with Gasteiger partial charge in [0, 0.05) is 6.04 Å². The molecule has 1 saturated carbocycles. The Morgan fingerprint density at radius 1 is 1.25 bits per heavy atom. The Bertz CT molecular complexity index is 738. The molecule has 1 fully saturated rings. The molecule has 3 rings (SSSR count). The monoisotopic (exact) mass is 359 g/mol. The molecule has 10 heteroatoms. The highest BCUT2D eigenvalue weighted by molar-refractivity contribution is 6.29. The van der Waals surface area contributed by atoms with Crippen LogP contribution < -0.4 is 5.32 Å². The van der Waals surface area contributed by atoms with E-state index in [1.165, 1.54) is 12.1 Å². The maximum absolute atomic E-state index is 13.5. The number of nitrogens with one attached hydrogen (secondary N) is 1. The maximum atomic E-state index is 13.5. The number of aromatic nitrogens is 4. The van der Waals surface area contributed by atoms with Gasteiger partial charge in [0.15, 0.2) is 16.7 Å². The van der Waals surface area contributed by atoms with Gasteiger partial charge in [-0.15, -0.1) is 10.2 Å². The van der Waals surface area contributed by atoms with Gasteiger partial charge in [0.05, 0.1) is 11.8 Å². The number of hydrogen-bond acceptors (Lipinski definition) is 4. The van der Waals surface area contributed by atoms with E-state index in [0.717, 1.165) is 31.9 Å². The van der Waals surface area contributed by atoms with Crippen molar-refractivity contribution in [3.8, 4) is 5.82 Å². The summed E-state index contributed by atoms with van der Waals surface area (Å²) in [7, 11) is 0. The standard InChI is InChI=1S/C14H13ClF3N5O/c15-10-5-6-11(22-21-10)23-12(14(16,17)18)9(7-19-23)13(24)20-8-3-1-2-4-8/h5-8H,1-4H2,(H,20,24). The van der Waals surface area contributed by atoms with Gasteiger partial charge in [-0.2, -0.15) is 18.3 Å². The summed E-state index contributed by atoms with van der Waals surface area (Å²) >= 11 is 5.59. The molecule has 24 heavy (non-hydrogen) atoms.